The van der Waals surface area contributed by atoms with E-state index in [1.807, 2.05) is 6.07 Å². The van der Waals surface area contributed by atoms with Crippen LogP contribution in [-0.2, 0) is 0 Å². The number of nitrogens with two attached hydrogens (primary N) is 1. The van der Waals surface area contributed by atoms with E-state index in [1.54, 1.807) is 0 Å². The molecule has 0 aromatic heterocycles. The highest BCUT2D eigenvalue weighted by molar-refractivity contribution is 5.47. The number of hydrogen-bond acceptors (Lipinski definition) is 2. The average molecular weight is 178 g/mol. The van der Waals surface area contributed by atoms with Crippen molar-refractivity contribution in [3.63, 3.8) is 0 Å². The molecular formula is C11H18N2. The molecule has 13 heavy (non-hydrogen) atoms. The Morgan fingerprint density at radius 1 is 1.38 bits per heavy atom. The number of rotatable bonds is 3. The first-order chi connectivity index (χ1) is 6.03. The quantitative estimate of drug-likeness (QED) is 0.744. The van der Waals surface area contributed by atoms with E-state index >= 15 is 0 Å². The van der Waals surface area contributed by atoms with Crippen molar-refractivity contribution in [3.8, 4) is 0 Å². The van der Waals surface area contributed by atoms with Crippen LogP contribution in [0.3, 0.4) is 0 Å². The molecule has 0 saturated heterocycles. The van der Waals surface area contributed by atoms with E-state index < -0.39 is 0 Å². The third-order valence-electron chi connectivity index (χ3n) is 2.01. The molecule has 2 heteroatoms. The zero-order chi connectivity index (χ0) is 9.90. The highest BCUT2D eigenvalue weighted by Gasteiger charge is 2.13. The fraction of sp³-hybridized carbons (Fsp3) is 0.455. The van der Waals surface area contributed by atoms with Crippen LogP contribution < -0.4 is 11.1 Å². The summed E-state index contributed by atoms with van der Waals surface area (Å²) in [6.45, 7) is 6.90. The minimum absolute atomic E-state index is 0.0339. The maximum Gasteiger partial charge on any atom is 0.0439 e. The van der Waals surface area contributed by atoms with Gasteiger partial charge in [0, 0.05) is 17.8 Å². The molecule has 72 valence electrons. The van der Waals surface area contributed by atoms with Crippen LogP contribution >= 0.6 is 0 Å². The van der Waals surface area contributed by atoms with Crippen LogP contribution in [0.2, 0.25) is 0 Å². The Kier molecular flexibility index (Phi) is 2.94. The molecule has 0 heterocycles. The van der Waals surface area contributed by atoms with E-state index in [9.17, 15) is 0 Å². The third kappa shape index (κ3) is 3.07. The molecule has 0 aliphatic rings. The minimum Gasteiger partial charge on any atom is -0.379 e. The second-order valence-electron chi connectivity index (χ2n) is 4.08. The van der Waals surface area contributed by atoms with Crippen LogP contribution in [0.4, 0.5) is 5.69 Å². The van der Waals surface area contributed by atoms with Crippen LogP contribution in [0.15, 0.2) is 24.3 Å². The number of aryl methyl sites for hydroxylation is 1. The highest BCUT2D eigenvalue weighted by atomic mass is 15.0. The summed E-state index contributed by atoms with van der Waals surface area (Å²) in [6, 6.07) is 8.31. The van der Waals surface area contributed by atoms with E-state index in [-0.39, 0.29) is 5.54 Å². The van der Waals surface area contributed by atoms with E-state index in [0.717, 1.165) is 5.69 Å². The number of benzene rings is 1. The molecule has 0 unspecified atom stereocenters. The molecule has 3 N–H and O–H groups in total. The van der Waals surface area contributed by atoms with Gasteiger partial charge >= 0.3 is 0 Å². The maximum absolute atomic E-state index is 5.63. The Hall–Kier alpha value is -1.02. The van der Waals surface area contributed by atoms with Crippen molar-refractivity contribution in [2.75, 3.05) is 11.9 Å². The summed E-state index contributed by atoms with van der Waals surface area (Å²) in [6.07, 6.45) is 0. The normalized spacial score (nSPS) is 11.4. The number of nitrogens with one attached hydrogen (secondary N) is 1. The van der Waals surface area contributed by atoms with Gasteiger partial charge in [-0.3, -0.25) is 0 Å². The summed E-state index contributed by atoms with van der Waals surface area (Å²) in [5.41, 5.74) is 7.99. The van der Waals surface area contributed by atoms with Gasteiger partial charge < -0.3 is 11.1 Å². The van der Waals surface area contributed by atoms with Crippen molar-refractivity contribution < 1.29 is 0 Å². The van der Waals surface area contributed by atoms with E-state index in [0.29, 0.717) is 6.54 Å². The minimum atomic E-state index is -0.0339. The topological polar surface area (TPSA) is 38.0 Å². The van der Waals surface area contributed by atoms with Crippen LogP contribution in [0.1, 0.15) is 19.4 Å². The fourth-order valence-corrected chi connectivity index (χ4v) is 1.16. The Bertz CT molecular complexity index is 279. The Balaban J connectivity index is 2.74. The summed E-state index contributed by atoms with van der Waals surface area (Å²) in [7, 11) is 0. The standard InChI is InChI=1S/C11H18N2/c1-9-5-4-6-10(7-9)13-11(2,3)8-12/h4-7,13H,8,12H2,1-3H3. The monoisotopic (exact) mass is 178 g/mol. The van der Waals surface area contributed by atoms with Gasteiger partial charge in [-0.2, -0.15) is 0 Å². The summed E-state index contributed by atoms with van der Waals surface area (Å²) in [4.78, 5) is 0. The van der Waals surface area contributed by atoms with Gasteiger partial charge in [0.15, 0.2) is 0 Å². The lowest BCUT2D eigenvalue weighted by atomic mass is 10.1. The first-order valence-corrected chi connectivity index (χ1v) is 4.58. The van der Waals surface area contributed by atoms with Crippen LogP contribution in [-0.4, -0.2) is 12.1 Å². The first kappa shape index (κ1) is 10.1. The zero-order valence-electron chi connectivity index (χ0n) is 8.59. The van der Waals surface area contributed by atoms with Gasteiger partial charge in [-0.15, -0.1) is 0 Å². The van der Waals surface area contributed by atoms with Gasteiger partial charge in [0.25, 0.3) is 0 Å². The Labute approximate surface area is 80.1 Å². The van der Waals surface area contributed by atoms with Crippen LogP contribution in [0.25, 0.3) is 0 Å². The molecule has 0 fully saturated rings. The molecule has 2 nitrogen and oxygen atoms in total. The van der Waals surface area contributed by atoms with Crippen molar-refractivity contribution in [2.24, 2.45) is 5.73 Å². The summed E-state index contributed by atoms with van der Waals surface area (Å²) >= 11 is 0. The van der Waals surface area contributed by atoms with Crippen molar-refractivity contribution in [1.29, 1.82) is 0 Å². The second-order valence-corrected chi connectivity index (χ2v) is 4.08. The molecule has 0 bridgehead atoms. The largest absolute Gasteiger partial charge is 0.379 e. The van der Waals surface area contributed by atoms with Gasteiger partial charge in [-0.25, -0.2) is 0 Å². The lowest BCUT2D eigenvalue weighted by Gasteiger charge is -2.25. The van der Waals surface area contributed by atoms with Gasteiger partial charge in [0.05, 0.1) is 0 Å². The van der Waals surface area contributed by atoms with Crippen LogP contribution in [0, 0.1) is 6.92 Å². The SMILES string of the molecule is Cc1cccc(NC(C)(C)CN)c1. The van der Waals surface area contributed by atoms with E-state index in [4.69, 9.17) is 5.73 Å². The highest BCUT2D eigenvalue weighted by Crippen LogP contribution is 2.15. The molecule has 0 aliphatic carbocycles. The number of hydrogen-bond donors (Lipinski definition) is 2. The van der Waals surface area contributed by atoms with Crippen molar-refractivity contribution in [3.05, 3.63) is 29.8 Å². The summed E-state index contributed by atoms with van der Waals surface area (Å²) < 4.78 is 0. The molecule has 0 radical (unpaired) electrons. The predicted octanol–water partition coefficient (Wildman–Crippen LogP) is 2.14. The number of anilines is 1. The maximum atomic E-state index is 5.63. The first-order valence-electron chi connectivity index (χ1n) is 4.58. The Morgan fingerprint density at radius 3 is 2.62 bits per heavy atom. The molecule has 0 spiro atoms. The smallest absolute Gasteiger partial charge is 0.0439 e. The molecule has 0 atom stereocenters. The summed E-state index contributed by atoms with van der Waals surface area (Å²) in [5, 5.41) is 3.38. The van der Waals surface area contributed by atoms with E-state index in [1.165, 1.54) is 5.56 Å². The molecule has 1 aromatic carbocycles. The lowest BCUT2D eigenvalue weighted by Crippen LogP contribution is -2.39. The lowest BCUT2D eigenvalue weighted by molar-refractivity contribution is 0.580. The third-order valence-corrected chi connectivity index (χ3v) is 2.01. The Morgan fingerprint density at radius 2 is 2.08 bits per heavy atom. The molecular weight excluding hydrogens is 160 g/mol. The molecule has 1 aromatic rings. The van der Waals surface area contributed by atoms with Crippen molar-refractivity contribution in [1.82, 2.24) is 0 Å². The van der Waals surface area contributed by atoms with Gasteiger partial charge in [0.2, 0.25) is 0 Å². The van der Waals surface area contributed by atoms with Gasteiger partial charge in [-0.1, -0.05) is 12.1 Å². The zero-order valence-corrected chi connectivity index (χ0v) is 8.59. The fourth-order valence-electron chi connectivity index (χ4n) is 1.16. The second kappa shape index (κ2) is 3.79. The van der Waals surface area contributed by atoms with Gasteiger partial charge in [-0.05, 0) is 38.5 Å². The predicted molar refractivity (Wildman–Crippen MR) is 57.9 cm³/mol. The average Bonchev–Trinajstić information content (AvgIpc) is 2.03. The van der Waals surface area contributed by atoms with Crippen molar-refractivity contribution in [2.45, 2.75) is 26.3 Å². The van der Waals surface area contributed by atoms with E-state index in [2.05, 4.69) is 44.3 Å². The molecule has 0 aliphatic heterocycles. The van der Waals surface area contributed by atoms with Gasteiger partial charge in [0.1, 0.15) is 0 Å². The molecule has 0 saturated carbocycles. The van der Waals surface area contributed by atoms with Crippen molar-refractivity contribution >= 4 is 5.69 Å². The molecule has 0 amide bonds. The molecule has 1 rings (SSSR count). The summed E-state index contributed by atoms with van der Waals surface area (Å²) in [5.74, 6) is 0. The van der Waals surface area contributed by atoms with Crippen LogP contribution in [0.5, 0.6) is 0 Å².